The molecule has 4 N–H and O–H groups in total. The molecule has 0 atom stereocenters. The number of rotatable bonds is 0. The van der Waals surface area contributed by atoms with Gasteiger partial charge in [0.15, 0.2) is 0 Å². The monoisotopic (exact) mass is 176 g/mol. The fourth-order valence-corrected chi connectivity index (χ4v) is 1.41. The summed E-state index contributed by atoms with van der Waals surface area (Å²) < 4.78 is 1.40. The standard InChI is InChI=1S/C9H12N4/c1-5-3-4-7-8(6(5)2)12-9(10)13(7)11/h3-4H,11H2,1-2H3,(H2,10,12). The number of hydrogen-bond acceptors (Lipinski definition) is 3. The number of fused-ring (bicyclic) bond motifs is 1. The number of nitrogens with two attached hydrogens (primary N) is 2. The summed E-state index contributed by atoms with van der Waals surface area (Å²) in [6.45, 7) is 4.06. The smallest absolute Gasteiger partial charge is 0.220 e. The van der Waals surface area contributed by atoms with Crippen molar-refractivity contribution in [1.82, 2.24) is 9.66 Å². The zero-order valence-corrected chi connectivity index (χ0v) is 7.70. The molecular weight excluding hydrogens is 164 g/mol. The highest BCUT2D eigenvalue weighted by Crippen LogP contribution is 2.21. The van der Waals surface area contributed by atoms with E-state index in [-0.39, 0.29) is 0 Å². The van der Waals surface area contributed by atoms with E-state index < -0.39 is 0 Å². The molecule has 2 rings (SSSR count). The second kappa shape index (κ2) is 2.39. The minimum absolute atomic E-state index is 0.351. The molecule has 68 valence electrons. The lowest BCUT2D eigenvalue weighted by Gasteiger charge is -2.00. The summed E-state index contributed by atoms with van der Waals surface area (Å²) in [6, 6.07) is 3.95. The Morgan fingerprint density at radius 2 is 2.00 bits per heavy atom. The van der Waals surface area contributed by atoms with Crippen LogP contribution < -0.4 is 11.6 Å². The van der Waals surface area contributed by atoms with Gasteiger partial charge in [0, 0.05) is 0 Å². The third-order valence-electron chi connectivity index (χ3n) is 2.41. The van der Waals surface area contributed by atoms with Gasteiger partial charge >= 0.3 is 0 Å². The summed E-state index contributed by atoms with van der Waals surface area (Å²) in [6.07, 6.45) is 0. The lowest BCUT2D eigenvalue weighted by molar-refractivity contribution is 1.06. The first kappa shape index (κ1) is 7.91. The van der Waals surface area contributed by atoms with Crippen LogP contribution in [0.3, 0.4) is 0 Å². The Morgan fingerprint density at radius 3 is 2.69 bits per heavy atom. The maximum atomic E-state index is 5.69. The molecule has 0 saturated carbocycles. The van der Waals surface area contributed by atoms with Crippen LogP contribution in [0.1, 0.15) is 11.1 Å². The second-order valence-electron chi connectivity index (χ2n) is 3.22. The van der Waals surface area contributed by atoms with Gasteiger partial charge in [-0.2, -0.15) is 0 Å². The molecule has 2 aromatic rings. The second-order valence-corrected chi connectivity index (χ2v) is 3.22. The Hall–Kier alpha value is -1.71. The zero-order valence-electron chi connectivity index (χ0n) is 7.70. The van der Waals surface area contributed by atoms with Gasteiger partial charge in [0.1, 0.15) is 0 Å². The topological polar surface area (TPSA) is 69.9 Å². The maximum Gasteiger partial charge on any atom is 0.220 e. The highest BCUT2D eigenvalue weighted by Gasteiger charge is 2.08. The van der Waals surface area contributed by atoms with E-state index in [0.717, 1.165) is 16.6 Å². The van der Waals surface area contributed by atoms with Gasteiger partial charge < -0.3 is 11.6 Å². The van der Waals surface area contributed by atoms with E-state index in [4.69, 9.17) is 11.6 Å². The van der Waals surface area contributed by atoms with Gasteiger partial charge in [-0.15, -0.1) is 0 Å². The third-order valence-corrected chi connectivity index (χ3v) is 2.41. The fourth-order valence-electron chi connectivity index (χ4n) is 1.41. The summed E-state index contributed by atoms with van der Waals surface area (Å²) in [5.74, 6) is 6.04. The molecule has 0 aliphatic carbocycles. The first-order chi connectivity index (χ1) is 6.11. The van der Waals surface area contributed by atoms with Crippen molar-refractivity contribution < 1.29 is 0 Å². The van der Waals surface area contributed by atoms with Crippen LogP contribution in [0, 0.1) is 13.8 Å². The average Bonchev–Trinajstić information content (AvgIpc) is 2.38. The Morgan fingerprint density at radius 1 is 1.31 bits per heavy atom. The molecule has 0 spiro atoms. The number of benzene rings is 1. The van der Waals surface area contributed by atoms with E-state index in [0.29, 0.717) is 5.95 Å². The number of nitrogens with zero attached hydrogens (tertiary/aromatic N) is 2. The highest BCUT2D eigenvalue weighted by molar-refractivity contribution is 5.82. The normalized spacial score (nSPS) is 10.9. The van der Waals surface area contributed by atoms with Gasteiger partial charge in [0.2, 0.25) is 5.95 Å². The van der Waals surface area contributed by atoms with Crippen molar-refractivity contribution >= 4 is 17.0 Å². The summed E-state index contributed by atoms with van der Waals surface area (Å²) in [7, 11) is 0. The van der Waals surface area contributed by atoms with Gasteiger partial charge in [-0.3, -0.25) is 0 Å². The van der Waals surface area contributed by atoms with Crippen LogP contribution >= 0.6 is 0 Å². The molecule has 13 heavy (non-hydrogen) atoms. The van der Waals surface area contributed by atoms with E-state index in [1.807, 2.05) is 26.0 Å². The minimum atomic E-state index is 0.351. The third kappa shape index (κ3) is 0.950. The number of aryl methyl sites for hydroxylation is 2. The molecule has 0 saturated heterocycles. The molecule has 0 aliphatic rings. The van der Waals surface area contributed by atoms with E-state index in [1.165, 1.54) is 10.2 Å². The summed E-state index contributed by atoms with van der Waals surface area (Å²) >= 11 is 0. The van der Waals surface area contributed by atoms with Crippen LogP contribution in [-0.2, 0) is 0 Å². The number of hydrogen-bond donors (Lipinski definition) is 2. The predicted molar refractivity (Wildman–Crippen MR) is 53.8 cm³/mol. The van der Waals surface area contributed by atoms with Crippen molar-refractivity contribution in [2.24, 2.45) is 0 Å². The Kier molecular flexibility index (Phi) is 1.45. The zero-order chi connectivity index (χ0) is 9.59. The summed E-state index contributed by atoms with van der Waals surface area (Å²) in [5.41, 5.74) is 9.70. The van der Waals surface area contributed by atoms with Crippen molar-refractivity contribution in [1.29, 1.82) is 0 Å². The lowest BCUT2D eigenvalue weighted by Crippen LogP contribution is -2.11. The van der Waals surface area contributed by atoms with E-state index in [1.54, 1.807) is 0 Å². The molecule has 0 radical (unpaired) electrons. The maximum absolute atomic E-state index is 5.69. The molecule has 0 unspecified atom stereocenters. The first-order valence-electron chi connectivity index (χ1n) is 4.10. The minimum Gasteiger partial charge on any atom is -0.368 e. The molecule has 1 aromatic carbocycles. The number of aromatic nitrogens is 2. The predicted octanol–water partition coefficient (Wildman–Crippen LogP) is 0.949. The molecule has 0 amide bonds. The Bertz CT molecular complexity index is 470. The quantitative estimate of drug-likeness (QED) is 0.587. The largest absolute Gasteiger partial charge is 0.368 e. The van der Waals surface area contributed by atoms with Gasteiger partial charge in [0.25, 0.3) is 0 Å². The number of nitrogen functional groups attached to an aromatic ring is 2. The molecule has 1 aromatic heterocycles. The molecule has 0 aliphatic heterocycles. The van der Waals surface area contributed by atoms with Crippen LogP contribution in [0.15, 0.2) is 12.1 Å². The van der Waals surface area contributed by atoms with Crippen LogP contribution in [-0.4, -0.2) is 9.66 Å². The molecule has 4 heteroatoms. The lowest BCUT2D eigenvalue weighted by atomic mass is 10.1. The van der Waals surface area contributed by atoms with Gasteiger partial charge in [0.05, 0.1) is 11.0 Å². The van der Waals surface area contributed by atoms with Gasteiger partial charge in [-0.05, 0) is 31.0 Å². The van der Waals surface area contributed by atoms with E-state index in [2.05, 4.69) is 4.98 Å². The molecule has 1 heterocycles. The van der Waals surface area contributed by atoms with Gasteiger partial charge in [-0.25, -0.2) is 9.66 Å². The number of anilines is 1. The van der Waals surface area contributed by atoms with Crippen LogP contribution in [0.25, 0.3) is 11.0 Å². The average molecular weight is 176 g/mol. The molecular formula is C9H12N4. The van der Waals surface area contributed by atoms with Crippen LogP contribution in [0.2, 0.25) is 0 Å². The van der Waals surface area contributed by atoms with Crippen molar-refractivity contribution in [2.75, 3.05) is 11.6 Å². The van der Waals surface area contributed by atoms with Crippen LogP contribution in [0.5, 0.6) is 0 Å². The summed E-state index contributed by atoms with van der Waals surface area (Å²) in [4.78, 5) is 4.19. The molecule has 4 nitrogen and oxygen atoms in total. The molecule has 0 fully saturated rings. The first-order valence-corrected chi connectivity index (χ1v) is 4.10. The fraction of sp³-hybridized carbons (Fsp3) is 0.222. The highest BCUT2D eigenvalue weighted by atomic mass is 15.4. The van der Waals surface area contributed by atoms with Crippen molar-refractivity contribution in [3.8, 4) is 0 Å². The number of imidazole rings is 1. The SMILES string of the molecule is Cc1ccc2c(nc(N)n2N)c1C. The van der Waals surface area contributed by atoms with Crippen molar-refractivity contribution in [2.45, 2.75) is 13.8 Å². The summed E-state index contributed by atoms with van der Waals surface area (Å²) in [5, 5.41) is 0. The Labute approximate surface area is 76.1 Å². The van der Waals surface area contributed by atoms with E-state index in [9.17, 15) is 0 Å². The van der Waals surface area contributed by atoms with Crippen molar-refractivity contribution in [3.05, 3.63) is 23.3 Å². The Balaban J connectivity index is 2.94. The van der Waals surface area contributed by atoms with Crippen LogP contribution in [0.4, 0.5) is 5.95 Å². The van der Waals surface area contributed by atoms with Crippen molar-refractivity contribution in [3.63, 3.8) is 0 Å². The molecule has 0 bridgehead atoms. The van der Waals surface area contributed by atoms with E-state index >= 15 is 0 Å². The van der Waals surface area contributed by atoms with Gasteiger partial charge in [-0.1, -0.05) is 6.07 Å².